The van der Waals surface area contributed by atoms with E-state index in [1.54, 1.807) is 0 Å². The maximum absolute atomic E-state index is 4.08. The first-order valence-corrected chi connectivity index (χ1v) is 5.77. The van der Waals surface area contributed by atoms with E-state index in [0.717, 1.165) is 6.04 Å². The minimum Gasteiger partial charge on any atom is -0.468 e. The van der Waals surface area contributed by atoms with Crippen molar-refractivity contribution in [1.29, 1.82) is 0 Å². The number of hydrogen-bond acceptors (Lipinski definition) is 1. The average Bonchev–Trinajstić information content (AvgIpc) is 2.20. The van der Waals surface area contributed by atoms with Crippen LogP contribution in [0.4, 0.5) is 0 Å². The molecule has 76 valence electrons. The smallest absolute Gasteiger partial charge is 0.0545 e. The van der Waals surface area contributed by atoms with E-state index >= 15 is 0 Å². The van der Waals surface area contributed by atoms with Crippen LogP contribution in [-0.2, 0) is 0 Å². The van der Waals surface area contributed by atoms with Crippen LogP contribution in [0.2, 0.25) is 0 Å². The lowest BCUT2D eigenvalue weighted by atomic mass is 10.0. The molecule has 2 rings (SSSR count). The number of hydrogen-bond donors (Lipinski definition) is 1. The molecule has 2 saturated heterocycles. The lowest BCUT2D eigenvalue weighted by Gasteiger charge is -2.39. The van der Waals surface area contributed by atoms with Crippen molar-refractivity contribution in [2.75, 3.05) is 26.2 Å². The van der Waals surface area contributed by atoms with Gasteiger partial charge in [0.2, 0.25) is 0 Å². The maximum Gasteiger partial charge on any atom is 0.0545 e. The molecule has 0 spiro atoms. The van der Waals surface area contributed by atoms with Gasteiger partial charge < -0.3 is 4.90 Å². The van der Waals surface area contributed by atoms with E-state index < -0.39 is 0 Å². The highest BCUT2D eigenvalue weighted by atomic mass is 15.2. The van der Waals surface area contributed by atoms with E-state index in [1.807, 2.05) is 0 Å². The number of quaternary nitrogens is 1. The third-order valence-electron chi connectivity index (χ3n) is 3.57. The van der Waals surface area contributed by atoms with Crippen LogP contribution in [0.5, 0.6) is 0 Å². The van der Waals surface area contributed by atoms with Crippen molar-refractivity contribution in [3.63, 3.8) is 0 Å². The van der Waals surface area contributed by atoms with Gasteiger partial charge in [0.1, 0.15) is 0 Å². The SMILES string of the molecule is [CH2-][NH+]1CCC(N2CCCCC2)CC1. The second-order valence-electron chi connectivity index (χ2n) is 4.58. The molecule has 2 heteroatoms. The number of piperidine rings is 2. The van der Waals surface area contributed by atoms with Gasteiger partial charge in [0.15, 0.2) is 0 Å². The van der Waals surface area contributed by atoms with Crippen LogP contribution in [0.1, 0.15) is 32.1 Å². The van der Waals surface area contributed by atoms with Gasteiger partial charge in [-0.25, -0.2) is 0 Å². The Hall–Kier alpha value is -0.0800. The zero-order valence-electron chi connectivity index (χ0n) is 8.60. The van der Waals surface area contributed by atoms with E-state index in [4.69, 9.17) is 0 Å². The molecule has 0 aromatic carbocycles. The highest BCUT2D eigenvalue weighted by Crippen LogP contribution is 2.16. The molecule has 0 unspecified atom stereocenters. The van der Waals surface area contributed by atoms with Crippen molar-refractivity contribution in [2.24, 2.45) is 0 Å². The van der Waals surface area contributed by atoms with Crippen LogP contribution < -0.4 is 4.90 Å². The van der Waals surface area contributed by atoms with Gasteiger partial charge >= 0.3 is 0 Å². The fourth-order valence-corrected chi connectivity index (χ4v) is 2.66. The van der Waals surface area contributed by atoms with Crippen LogP contribution >= 0.6 is 0 Å². The third kappa shape index (κ3) is 2.44. The lowest BCUT2D eigenvalue weighted by molar-refractivity contribution is -0.859. The highest BCUT2D eigenvalue weighted by molar-refractivity contribution is 4.76. The summed E-state index contributed by atoms with van der Waals surface area (Å²) in [6, 6.07) is 0.894. The Morgan fingerprint density at radius 3 is 2.23 bits per heavy atom. The molecule has 2 aliphatic heterocycles. The van der Waals surface area contributed by atoms with Gasteiger partial charge in [-0.2, -0.15) is 7.05 Å². The van der Waals surface area contributed by atoms with Crippen LogP contribution in [0.25, 0.3) is 0 Å². The monoisotopic (exact) mass is 182 g/mol. The lowest BCUT2D eigenvalue weighted by Crippen LogP contribution is -3.08. The van der Waals surface area contributed by atoms with Gasteiger partial charge in [-0.05, 0) is 25.9 Å². The second-order valence-corrected chi connectivity index (χ2v) is 4.58. The normalized spacial score (nSPS) is 37.6. The zero-order valence-corrected chi connectivity index (χ0v) is 8.60. The molecule has 13 heavy (non-hydrogen) atoms. The summed E-state index contributed by atoms with van der Waals surface area (Å²) in [5, 5.41) is 0. The highest BCUT2D eigenvalue weighted by Gasteiger charge is 2.24. The van der Waals surface area contributed by atoms with Crippen LogP contribution in [0, 0.1) is 7.05 Å². The minimum absolute atomic E-state index is 0.894. The minimum atomic E-state index is 0.894. The summed E-state index contributed by atoms with van der Waals surface area (Å²) in [7, 11) is 4.08. The van der Waals surface area contributed by atoms with Crippen molar-refractivity contribution in [1.82, 2.24) is 4.90 Å². The Morgan fingerprint density at radius 1 is 1.00 bits per heavy atom. The molecule has 0 aliphatic carbocycles. The topological polar surface area (TPSA) is 7.68 Å². The average molecular weight is 182 g/mol. The van der Waals surface area contributed by atoms with Gasteiger partial charge in [0.05, 0.1) is 13.1 Å². The van der Waals surface area contributed by atoms with Crippen LogP contribution in [-0.4, -0.2) is 37.1 Å². The molecular formula is C11H22N2. The first-order valence-electron chi connectivity index (χ1n) is 5.77. The number of nitrogens with zero attached hydrogens (tertiary/aromatic N) is 1. The molecule has 0 saturated carbocycles. The standard InChI is InChI=1S/C11H22N2/c1-12-9-5-11(6-10-12)13-7-3-2-4-8-13/h11-12H,1-10H2. The van der Waals surface area contributed by atoms with Crippen LogP contribution in [0.15, 0.2) is 0 Å². The van der Waals surface area contributed by atoms with Gasteiger partial charge in [-0.15, -0.1) is 0 Å². The van der Waals surface area contributed by atoms with E-state index in [0.29, 0.717) is 0 Å². The van der Waals surface area contributed by atoms with Crippen molar-refractivity contribution in [2.45, 2.75) is 38.1 Å². The molecular weight excluding hydrogens is 160 g/mol. The van der Waals surface area contributed by atoms with E-state index in [9.17, 15) is 0 Å². The molecule has 0 amide bonds. The first-order chi connectivity index (χ1) is 6.36. The molecule has 0 aromatic rings. The Labute approximate surface area is 81.9 Å². The largest absolute Gasteiger partial charge is 0.468 e. The summed E-state index contributed by atoms with van der Waals surface area (Å²) in [4.78, 5) is 4.20. The number of rotatable bonds is 1. The van der Waals surface area contributed by atoms with Crippen LogP contribution in [0.3, 0.4) is 0 Å². The Bertz CT molecular complexity index is 144. The summed E-state index contributed by atoms with van der Waals surface area (Å²) in [5.41, 5.74) is 0. The predicted molar refractivity (Wildman–Crippen MR) is 54.5 cm³/mol. The summed E-state index contributed by atoms with van der Waals surface area (Å²) >= 11 is 0. The van der Waals surface area contributed by atoms with E-state index in [-0.39, 0.29) is 0 Å². The van der Waals surface area contributed by atoms with Crippen molar-refractivity contribution >= 4 is 0 Å². The Balaban J connectivity index is 1.79. The molecule has 2 heterocycles. The van der Waals surface area contributed by atoms with Crippen molar-refractivity contribution < 1.29 is 4.90 Å². The summed E-state index contributed by atoms with van der Waals surface area (Å²) in [5.74, 6) is 0. The second kappa shape index (κ2) is 4.43. The summed E-state index contributed by atoms with van der Waals surface area (Å²) < 4.78 is 0. The van der Waals surface area contributed by atoms with Crippen molar-refractivity contribution in [3.05, 3.63) is 7.05 Å². The molecule has 2 aliphatic rings. The number of nitrogens with one attached hydrogen (secondary N) is 1. The summed E-state index contributed by atoms with van der Waals surface area (Å²) in [6.45, 7) is 5.27. The quantitative estimate of drug-likeness (QED) is 0.574. The molecule has 0 bridgehead atoms. The summed E-state index contributed by atoms with van der Waals surface area (Å²) in [6.07, 6.45) is 7.06. The maximum atomic E-state index is 4.08. The van der Waals surface area contributed by atoms with Gasteiger partial charge in [0.25, 0.3) is 0 Å². The van der Waals surface area contributed by atoms with E-state index in [2.05, 4.69) is 11.9 Å². The Kier molecular flexibility index (Phi) is 3.23. The fraction of sp³-hybridized carbons (Fsp3) is 0.909. The molecule has 2 fully saturated rings. The van der Waals surface area contributed by atoms with Gasteiger partial charge in [-0.3, -0.25) is 4.90 Å². The Morgan fingerprint density at radius 2 is 1.62 bits per heavy atom. The van der Waals surface area contributed by atoms with Crippen molar-refractivity contribution in [3.8, 4) is 0 Å². The molecule has 0 aromatic heterocycles. The number of likely N-dealkylation sites (tertiary alicyclic amines) is 2. The van der Waals surface area contributed by atoms with Gasteiger partial charge in [0, 0.05) is 18.9 Å². The zero-order chi connectivity index (χ0) is 9.10. The molecule has 2 nitrogen and oxygen atoms in total. The fourth-order valence-electron chi connectivity index (χ4n) is 2.66. The molecule has 0 atom stereocenters. The molecule has 1 N–H and O–H groups in total. The van der Waals surface area contributed by atoms with Gasteiger partial charge in [-0.1, -0.05) is 6.42 Å². The van der Waals surface area contributed by atoms with E-state index in [1.165, 1.54) is 63.2 Å². The first kappa shape index (κ1) is 9.47. The third-order valence-corrected chi connectivity index (χ3v) is 3.57. The predicted octanol–water partition coefficient (Wildman–Crippen LogP) is 0.311. The molecule has 0 radical (unpaired) electrons.